The van der Waals surface area contributed by atoms with Crippen molar-refractivity contribution in [3.05, 3.63) is 35.9 Å². The largest absolute Gasteiger partial charge is 0.342 e. The fourth-order valence-corrected chi connectivity index (χ4v) is 2.89. The molecule has 2 rings (SSSR count). The molecule has 116 valence electrons. The minimum atomic E-state index is 0.226. The van der Waals surface area contributed by atoms with E-state index in [0.717, 1.165) is 32.4 Å². The first kappa shape index (κ1) is 16.0. The van der Waals surface area contributed by atoms with Crippen LogP contribution in [0.15, 0.2) is 30.3 Å². The molecule has 1 aliphatic rings. The van der Waals surface area contributed by atoms with E-state index in [1.807, 2.05) is 11.0 Å². The van der Waals surface area contributed by atoms with Crippen molar-refractivity contribution in [2.75, 3.05) is 19.6 Å². The van der Waals surface area contributed by atoms with Crippen LogP contribution in [0.4, 0.5) is 0 Å². The number of carbonyl (C=O) groups excluding carboxylic acids is 1. The molecule has 3 heteroatoms. The minimum Gasteiger partial charge on any atom is -0.342 e. The molecule has 1 atom stereocenters. The molecule has 0 aromatic heterocycles. The molecular formula is C18H28N2O. The van der Waals surface area contributed by atoms with Crippen molar-refractivity contribution >= 4 is 5.91 Å². The van der Waals surface area contributed by atoms with E-state index < -0.39 is 0 Å². The van der Waals surface area contributed by atoms with Gasteiger partial charge in [-0.1, -0.05) is 51.1 Å². The van der Waals surface area contributed by atoms with Crippen LogP contribution in [0.1, 0.15) is 51.6 Å². The second-order valence-corrected chi connectivity index (χ2v) is 7.20. The Morgan fingerprint density at radius 3 is 2.38 bits per heavy atom. The molecule has 1 aliphatic heterocycles. The maximum absolute atomic E-state index is 12.2. The summed E-state index contributed by atoms with van der Waals surface area (Å²) in [6.45, 7) is 9.02. The summed E-state index contributed by atoms with van der Waals surface area (Å²) < 4.78 is 0. The normalized spacial score (nSPS) is 17.0. The lowest BCUT2D eigenvalue weighted by atomic mass is 9.85. The van der Waals surface area contributed by atoms with Gasteiger partial charge in [0.1, 0.15) is 0 Å². The Bertz CT molecular complexity index is 444. The molecule has 1 fully saturated rings. The van der Waals surface area contributed by atoms with Gasteiger partial charge in [0, 0.05) is 19.1 Å². The lowest BCUT2D eigenvalue weighted by molar-refractivity contribution is -0.129. The Kier molecular flexibility index (Phi) is 5.40. The van der Waals surface area contributed by atoms with Gasteiger partial charge in [0.2, 0.25) is 5.91 Å². The zero-order chi connectivity index (χ0) is 15.3. The van der Waals surface area contributed by atoms with Crippen LogP contribution < -0.4 is 5.32 Å². The lowest BCUT2D eigenvalue weighted by Crippen LogP contribution is -2.38. The second-order valence-electron chi connectivity index (χ2n) is 7.20. The molecule has 1 amide bonds. The number of amides is 1. The van der Waals surface area contributed by atoms with E-state index in [1.165, 1.54) is 5.56 Å². The summed E-state index contributed by atoms with van der Waals surface area (Å²) in [7, 11) is 0. The van der Waals surface area contributed by atoms with Crippen molar-refractivity contribution in [3.8, 4) is 0 Å². The fraction of sp³-hybridized carbons (Fsp3) is 0.611. The third kappa shape index (κ3) is 5.16. The summed E-state index contributed by atoms with van der Waals surface area (Å²) in [5, 5.41) is 3.48. The molecule has 0 saturated carbocycles. The van der Waals surface area contributed by atoms with Crippen LogP contribution in [0.25, 0.3) is 0 Å². The lowest BCUT2D eigenvalue weighted by Gasteiger charge is -2.28. The van der Waals surface area contributed by atoms with E-state index in [-0.39, 0.29) is 17.4 Å². The van der Waals surface area contributed by atoms with Gasteiger partial charge >= 0.3 is 0 Å². The third-order valence-corrected chi connectivity index (χ3v) is 3.98. The van der Waals surface area contributed by atoms with E-state index in [0.29, 0.717) is 6.54 Å². The molecule has 1 saturated heterocycles. The molecule has 0 bridgehead atoms. The van der Waals surface area contributed by atoms with E-state index in [9.17, 15) is 4.79 Å². The van der Waals surface area contributed by atoms with Crippen LogP contribution in [0.3, 0.4) is 0 Å². The van der Waals surface area contributed by atoms with E-state index in [1.54, 1.807) is 0 Å². The average Bonchev–Trinajstić information content (AvgIpc) is 2.97. The molecular weight excluding hydrogens is 260 g/mol. The second kappa shape index (κ2) is 7.08. The van der Waals surface area contributed by atoms with Crippen molar-refractivity contribution in [1.82, 2.24) is 10.2 Å². The Labute approximate surface area is 128 Å². The fourth-order valence-electron chi connectivity index (χ4n) is 2.89. The summed E-state index contributed by atoms with van der Waals surface area (Å²) in [5.74, 6) is 0.238. The highest BCUT2D eigenvalue weighted by Crippen LogP contribution is 2.29. The van der Waals surface area contributed by atoms with Crippen molar-refractivity contribution in [2.45, 2.75) is 46.1 Å². The van der Waals surface area contributed by atoms with Gasteiger partial charge < -0.3 is 10.2 Å². The van der Waals surface area contributed by atoms with Gasteiger partial charge in [-0.3, -0.25) is 4.79 Å². The highest BCUT2D eigenvalue weighted by molar-refractivity contribution is 5.78. The zero-order valence-corrected chi connectivity index (χ0v) is 13.6. The Hall–Kier alpha value is -1.35. The number of hydrogen-bond donors (Lipinski definition) is 1. The number of carbonyl (C=O) groups is 1. The maximum Gasteiger partial charge on any atom is 0.236 e. The number of rotatable bonds is 5. The van der Waals surface area contributed by atoms with Crippen LogP contribution >= 0.6 is 0 Å². The SMILES string of the molecule is CC(C)(C)CC(NCC(=O)N1CCCC1)c1ccccc1. The molecule has 0 aliphatic carbocycles. The molecule has 3 nitrogen and oxygen atoms in total. The minimum absolute atomic E-state index is 0.226. The first-order valence-electron chi connectivity index (χ1n) is 8.02. The first-order valence-corrected chi connectivity index (χ1v) is 8.02. The summed E-state index contributed by atoms with van der Waals surface area (Å²) in [4.78, 5) is 14.2. The van der Waals surface area contributed by atoms with Crippen LogP contribution in [0.2, 0.25) is 0 Å². The van der Waals surface area contributed by atoms with Gasteiger partial charge in [-0.2, -0.15) is 0 Å². The van der Waals surface area contributed by atoms with Crippen LogP contribution in [-0.4, -0.2) is 30.4 Å². The van der Waals surface area contributed by atoms with Crippen molar-refractivity contribution < 1.29 is 4.79 Å². The average molecular weight is 288 g/mol. The predicted molar refractivity (Wildman–Crippen MR) is 87.1 cm³/mol. The quantitative estimate of drug-likeness (QED) is 0.901. The highest BCUT2D eigenvalue weighted by Gasteiger charge is 2.22. The predicted octanol–water partition coefficient (Wildman–Crippen LogP) is 3.38. The highest BCUT2D eigenvalue weighted by atomic mass is 16.2. The number of nitrogens with one attached hydrogen (secondary N) is 1. The molecule has 0 radical (unpaired) electrons. The molecule has 0 spiro atoms. The Morgan fingerprint density at radius 1 is 1.19 bits per heavy atom. The van der Waals surface area contributed by atoms with Crippen LogP contribution in [-0.2, 0) is 4.79 Å². The van der Waals surface area contributed by atoms with E-state index in [2.05, 4.69) is 50.4 Å². The number of likely N-dealkylation sites (tertiary alicyclic amines) is 1. The van der Waals surface area contributed by atoms with Gasteiger partial charge in [-0.15, -0.1) is 0 Å². The maximum atomic E-state index is 12.2. The van der Waals surface area contributed by atoms with Crippen molar-refractivity contribution in [1.29, 1.82) is 0 Å². The molecule has 1 N–H and O–H groups in total. The number of nitrogens with zero attached hydrogens (tertiary/aromatic N) is 1. The monoisotopic (exact) mass is 288 g/mol. The van der Waals surface area contributed by atoms with Crippen LogP contribution in [0, 0.1) is 5.41 Å². The standard InChI is InChI=1S/C18H28N2O/c1-18(2,3)13-16(15-9-5-4-6-10-15)19-14-17(21)20-11-7-8-12-20/h4-6,9-10,16,19H,7-8,11-14H2,1-3H3. The smallest absolute Gasteiger partial charge is 0.236 e. The van der Waals surface area contributed by atoms with Gasteiger partial charge in [0.25, 0.3) is 0 Å². The van der Waals surface area contributed by atoms with Crippen LogP contribution in [0.5, 0.6) is 0 Å². The van der Waals surface area contributed by atoms with Gasteiger partial charge in [-0.05, 0) is 30.2 Å². The molecule has 21 heavy (non-hydrogen) atoms. The Morgan fingerprint density at radius 2 is 1.81 bits per heavy atom. The summed E-state index contributed by atoms with van der Waals surface area (Å²) in [6.07, 6.45) is 3.32. The topological polar surface area (TPSA) is 32.3 Å². The zero-order valence-electron chi connectivity index (χ0n) is 13.6. The summed E-state index contributed by atoms with van der Waals surface area (Å²) in [6, 6.07) is 10.7. The number of hydrogen-bond acceptors (Lipinski definition) is 2. The molecule has 1 unspecified atom stereocenters. The summed E-state index contributed by atoms with van der Waals surface area (Å²) in [5.41, 5.74) is 1.49. The first-order chi connectivity index (χ1) is 9.96. The Balaban J connectivity index is 1.97. The van der Waals surface area contributed by atoms with Crippen molar-refractivity contribution in [3.63, 3.8) is 0 Å². The summed E-state index contributed by atoms with van der Waals surface area (Å²) >= 11 is 0. The van der Waals surface area contributed by atoms with E-state index >= 15 is 0 Å². The van der Waals surface area contributed by atoms with Gasteiger partial charge in [0.15, 0.2) is 0 Å². The van der Waals surface area contributed by atoms with Crippen molar-refractivity contribution in [2.24, 2.45) is 5.41 Å². The van der Waals surface area contributed by atoms with Gasteiger partial charge in [-0.25, -0.2) is 0 Å². The van der Waals surface area contributed by atoms with E-state index in [4.69, 9.17) is 0 Å². The molecule has 1 heterocycles. The van der Waals surface area contributed by atoms with Gasteiger partial charge in [0.05, 0.1) is 6.54 Å². The molecule has 1 aromatic rings. The molecule has 1 aromatic carbocycles. The third-order valence-electron chi connectivity index (χ3n) is 3.98. The number of benzene rings is 1.